The fourth-order valence-corrected chi connectivity index (χ4v) is 2.56. The number of nitrogens with zero attached hydrogens (tertiary/aromatic N) is 2. The van der Waals surface area contributed by atoms with Crippen molar-refractivity contribution in [2.24, 2.45) is 5.73 Å². The third-order valence-electron chi connectivity index (χ3n) is 3.98. The van der Waals surface area contributed by atoms with Crippen LogP contribution >= 0.6 is 0 Å². The van der Waals surface area contributed by atoms with Crippen molar-refractivity contribution in [1.29, 1.82) is 0 Å². The number of piperazine rings is 1. The minimum absolute atomic E-state index is 0.0955. The number of carbonyl (C=O) groups excluding carboxylic acids is 1. The summed E-state index contributed by atoms with van der Waals surface area (Å²) in [5, 5.41) is 0. The first-order valence-electron chi connectivity index (χ1n) is 7.62. The molecule has 21 heavy (non-hydrogen) atoms. The van der Waals surface area contributed by atoms with Gasteiger partial charge in [-0.15, -0.1) is 0 Å². The molecular formula is C16H25N3O2. The van der Waals surface area contributed by atoms with Crippen LogP contribution < -0.4 is 10.5 Å². The summed E-state index contributed by atoms with van der Waals surface area (Å²) in [6.07, 6.45) is 0. The summed E-state index contributed by atoms with van der Waals surface area (Å²) in [4.78, 5) is 16.7. The van der Waals surface area contributed by atoms with Crippen molar-refractivity contribution >= 4 is 5.91 Å². The fourth-order valence-electron chi connectivity index (χ4n) is 2.56. The number of benzene rings is 1. The zero-order valence-corrected chi connectivity index (χ0v) is 12.9. The van der Waals surface area contributed by atoms with Crippen molar-refractivity contribution in [1.82, 2.24) is 9.80 Å². The molecule has 2 N–H and O–H groups in total. The minimum atomic E-state index is 0.0955. The second-order valence-corrected chi connectivity index (χ2v) is 5.37. The Morgan fingerprint density at radius 1 is 1.24 bits per heavy atom. The van der Waals surface area contributed by atoms with Crippen molar-refractivity contribution in [3.63, 3.8) is 0 Å². The highest BCUT2D eigenvalue weighted by Crippen LogP contribution is 2.15. The van der Waals surface area contributed by atoms with Gasteiger partial charge in [0.15, 0.2) is 0 Å². The summed E-state index contributed by atoms with van der Waals surface area (Å²) in [5.41, 5.74) is 6.41. The van der Waals surface area contributed by atoms with Gasteiger partial charge in [0.25, 0.3) is 5.91 Å². The number of ether oxygens (including phenoxy) is 1. The SMILES string of the molecule is CCOc1ccc(C(=O)N2CCN(C(C)CN)CC2)cc1. The van der Waals surface area contributed by atoms with Crippen LogP contribution in [0.3, 0.4) is 0 Å². The lowest BCUT2D eigenvalue weighted by atomic mass is 10.1. The van der Waals surface area contributed by atoms with Gasteiger partial charge in [-0.2, -0.15) is 0 Å². The molecule has 116 valence electrons. The molecule has 0 aromatic heterocycles. The van der Waals surface area contributed by atoms with E-state index >= 15 is 0 Å². The predicted octanol–water partition coefficient (Wildman–Crippen LogP) is 1.19. The molecule has 0 radical (unpaired) electrons. The Bertz CT molecular complexity index is 453. The fraction of sp³-hybridized carbons (Fsp3) is 0.562. The third-order valence-corrected chi connectivity index (χ3v) is 3.98. The molecule has 1 amide bonds. The number of hydrogen-bond acceptors (Lipinski definition) is 4. The Hall–Kier alpha value is -1.59. The van der Waals surface area contributed by atoms with Gasteiger partial charge in [-0.1, -0.05) is 0 Å². The van der Waals surface area contributed by atoms with E-state index in [1.54, 1.807) is 0 Å². The highest BCUT2D eigenvalue weighted by Gasteiger charge is 2.24. The van der Waals surface area contributed by atoms with Gasteiger partial charge in [-0.3, -0.25) is 9.69 Å². The minimum Gasteiger partial charge on any atom is -0.494 e. The number of rotatable bonds is 5. The molecule has 1 heterocycles. The van der Waals surface area contributed by atoms with Crippen LogP contribution in [0, 0.1) is 0 Å². The monoisotopic (exact) mass is 291 g/mol. The molecule has 1 fully saturated rings. The van der Waals surface area contributed by atoms with Crippen LogP contribution in [-0.2, 0) is 0 Å². The molecule has 5 heteroatoms. The van der Waals surface area contributed by atoms with Crippen LogP contribution in [0.4, 0.5) is 0 Å². The molecule has 1 aliphatic heterocycles. The van der Waals surface area contributed by atoms with Crippen LogP contribution in [0.25, 0.3) is 0 Å². The molecule has 2 rings (SSSR count). The van der Waals surface area contributed by atoms with Crippen LogP contribution in [0.5, 0.6) is 5.75 Å². The van der Waals surface area contributed by atoms with Gasteiger partial charge >= 0.3 is 0 Å². The van der Waals surface area contributed by atoms with Gasteiger partial charge in [-0.25, -0.2) is 0 Å². The average molecular weight is 291 g/mol. The van der Waals surface area contributed by atoms with Gasteiger partial charge in [0, 0.05) is 44.3 Å². The van der Waals surface area contributed by atoms with E-state index in [4.69, 9.17) is 10.5 Å². The van der Waals surface area contributed by atoms with Crippen molar-refractivity contribution in [2.75, 3.05) is 39.3 Å². The van der Waals surface area contributed by atoms with Crippen molar-refractivity contribution in [3.8, 4) is 5.75 Å². The molecule has 1 aromatic rings. The molecule has 1 unspecified atom stereocenters. The van der Waals surface area contributed by atoms with E-state index in [9.17, 15) is 4.79 Å². The van der Waals surface area contributed by atoms with E-state index in [2.05, 4.69) is 11.8 Å². The van der Waals surface area contributed by atoms with Gasteiger partial charge in [0.1, 0.15) is 5.75 Å². The lowest BCUT2D eigenvalue weighted by molar-refractivity contribution is 0.0589. The second kappa shape index (κ2) is 7.43. The highest BCUT2D eigenvalue weighted by atomic mass is 16.5. The summed E-state index contributed by atoms with van der Waals surface area (Å²) >= 11 is 0. The topological polar surface area (TPSA) is 58.8 Å². The quantitative estimate of drug-likeness (QED) is 0.885. The molecule has 1 atom stereocenters. The normalized spacial score (nSPS) is 17.6. The standard InChI is InChI=1S/C16H25N3O2/c1-3-21-15-6-4-14(5-7-15)16(20)19-10-8-18(9-11-19)13(2)12-17/h4-7,13H,3,8-12,17H2,1-2H3. The molecule has 0 aliphatic carbocycles. The lowest BCUT2D eigenvalue weighted by Crippen LogP contribution is -2.52. The number of nitrogens with two attached hydrogens (primary N) is 1. The highest BCUT2D eigenvalue weighted by molar-refractivity contribution is 5.94. The zero-order valence-electron chi connectivity index (χ0n) is 12.9. The van der Waals surface area contributed by atoms with Gasteiger partial charge in [0.2, 0.25) is 0 Å². The number of carbonyl (C=O) groups is 1. The zero-order chi connectivity index (χ0) is 15.2. The molecule has 0 bridgehead atoms. The van der Waals surface area contributed by atoms with E-state index in [0.29, 0.717) is 19.2 Å². The molecule has 1 aliphatic rings. The van der Waals surface area contributed by atoms with Crippen LogP contribution in [0.1, 0.15) is 24.2 Å². The first kappa shape index (κ1) is 15.8. The summed E-state index contributed by atoms with van der Waals surface area (Å²) in [7, 11) is 0. The van der Waals surface area contributed by atoms with Crippen molar-refractivity contribution in [2.45, 2.75) is 19.9 Å². The van der Waals surface area contributed by atoms with Gasteiger partial charge in [-0.05, 0) is 38.1 Å². The molecular weight excluding hydrogens is 266 g/mol. The van der Waals surface area contributed by atoms with Crippen LogP contribution in [0.15, 0.2) is 24.3 Å². The van der Waals surface area contributed by atoms with E-state index in [0.717, 1.165) is 37.5 Å². The summed E-state index contributed by atoms with van der Waals surface area (Å²) in [5.74, 6) is 0.897. The molecule has 1 saturated heterocycles. The maximum Gasteiger partial charge on any atom is 0.253 e. The summed E-state index contributed by atoms with van der Waals surface area (Å²) in [6, 6.07) is 7.75. The Morgan fingerprint density at radius 2 is 1.86 bits per heavy atom. The van der Waals surface area contributed by atoms with Crippen LogP contribution in [-0.4, -0.2) is 61.1 Å². The lowest BCUT2D eigenvalue weighted by Gasteiger charge is -2.37. The molecule has 1 aromatic carbocycles. The van der Waals surface area contributed by atoms with Gasteiger partial charge in [0.05, 0.1) is 6.61 Å². The second-order valence-electron chi connectivity index (χ2n) is 5.37. The van der Waals surface area contributed by atoms with E-state index in [-0.39, 0.29) is 5.91 Å². The van der Waals surface area contributed by atoms with Crippen molar-refractivity contribution < 1.29 is 9.53 Å². The first-order valence-corrected chi connectivity index (χ1v) is 7.62. The first-order chi connectivity index (χ1) is 10.2. The summed E-state index contributed by atoms with van der Waals surface area (Å²) < 4.78 is 5.40. The summed E-state index contributed by atoms with van der Waals surface area (Å²) in [6.45, 7) is 8.67. The van der Waals surface area contributed by atoms with Gasteiger partial charge < -0.3 is 15.4 Å². The van der Waals surface area contributed by atoms with Crippen LogP contribution in [0.2, 0.25) is 0 Å². The largest absolute Gasteiger partial charge is 0.494 e. The Labute approximate surface area is 126 Å². The average Bonchev–Trinajstić information content (AvgIpc) is 2.54. The van der Waals surface area contributed by atoms with E-state index in [1.165, 1.54) is 0 Å². The van der Waals surface area contributed by atoms with E-state index < -0.39 is 0 Å². The third kappa shape index (κ3) is 3.95. The maximum atomic E-state index is 12.5. The van der Waals surface area contributed by atoms with Crippen molar-refractivity contribution in [3.05, 3.63) is 29.8 Å². The number of hydrogen-bond donors (Lipinski definition) is 1. The molecule has 0 saturated carbocycles. The molecule has 5 nitrogen and oxygen atoms in total. The number of amides is 1. The Morgan fingerprint density at radius 3 is 2.38 bits per heavy atom. The van der Waals surface area contributed by atoms with E-state index in [1.807, 2.05) is 36.1 Å². The predicted molar refractivity (Wildman–Crippen MR) is 83.6 cm³/mol. The smallest absolute Gasteiger partial charge is 0.253 e. The Kier molecular flexibility index (Phi) is 5.59. The maximum absolute atomic E-state index is 12.5. The Balaban J connectivity index is 1.92. The molecule has 0 spiro atoms.